The minimum atomic E-state index is -5.72. The zero-order valence-electron chi connectivity index (χ0n) is 61.0. The number of hydrogen-bond acceptors (Lipinski definition) is 23. The van der Waals surface area contributed by atoms with E-state index in [1.54, 1.807) is 6.08 Å². The van der Waals surface area contributed by atoms with Crippen LogP contribution in [0.15, 0.2) is 36.5 Å². The first kappa shape index (κ1) is 91.4. The fourth-order valence-corrected chi connectivity index (χ4v) is 13.6. The molecule has 584 valence electrons. The van der Waals surface area contributed by atoms with E-state index in [4.69, 9.17) is 42.2 Å². The summed E-state index contributed by atoms with van der Waals surface area (Å²) in [6.45, 7) is 3.33. The number of carbonyl (C=O) groups is 3. The van der Waals surface area contributed by atoms with Crippen LogP contribution in [-0.2, 0) is 61.2 Å². The molecule has 2 saturated heterocycles. The van der Waals surface area contributed by atoms with Crippen molar-refractivity contribution in [1.29, 1.82) is 0 Å². The van der Waals surface area contributed by atoms with E-state index in [1.807, 2.05) is 6.08 Å². The second-order valence-corrected chi connectivity index (χ2v) is 29.2. The monoisotopic (exact) mass is 1450 g/mol. The van der Waals surface area contributed by atoms with Crippen molar-refractivity contribution in [2.24, 2.45) is 0 Å². The Kier molecular flexibility index (Phi) is 51.6. The number of esters is 3. The van der Waals surface area contributed by atoms with Gasteiger partial charge in [-0.15, -0.1) is 0 Å². The molecular formula is C75H135O24P. The van der Waals surface area contributed by atoms with E-state index < -0.39 is 156 Å². The summed E-state index contributed by atoms with van der Waals surface area (Å²) in [5.41, 5.74) is 0. The fourth-order valence-electron chi connectivity index (χ4n) is 12.7. The van der Waals surface area contributed by atoms with E-state index in [1.165, 1.54) is 160 Å². The van der Waals surface area contributed by atoms with Crippen LogP contribution in [0.2, 0.25) is 0 Å². The van der Waals surface area contributed by atoms with E-state index in [9.17, 15) is 74.9 Å². The number of allylic oxidation sites excluding steroid dienone is 5. The van der Waals surface area contributed by atoms with Crippen LogP contribution in [0, 0.1) is 0 Å². The highest BCUT2D eigenvalue weighted by Crippen LogP contribution is 2.49. The molecule has 0 aromatic heterocycles. The average Bonchev–Trinajstić information content (AvgIpc) is 0.762. The lowest BCUT2D eigenvalue weighted by Gasteiger charge is -2.49. The van der Waals surface area contributed by atoms with Crippen molar-refractivity contribution in [2.75, 3.05) is 26.4 Å². The van der Waals surface area contributed by atoms with Gasteiger partial charge >= 0.3 is 25.7 Å². The molecule has 0 spiro atoms. The molecule has 3 fully saturated rings. The third-order valence-electron chi connectivity index (χ3n) is 19.0. The molecule has 0 aromatic carbocycles. The average molecular weight is 1450 g/mol. The number of aliphatic hydroxyl groups is 10. The van der Waals surface area contributed by atoms with Gasteiger partial charge in [0.15, 0.2) is 18.7 Å². The number of phosphoric acid groups is 1. The van der Waals surface area contributed by atoms with Gasteiger partial charge in [-0.2, -0.15) is 0 Å². The predicted molar refractivity (Wildman–Crippen MR) is 379 cm³/mol. The molecule has 2 heterocycles. The molecule has 1 aliphatic carbocycles. The first-order valence-corrected chi connectivity index (χ1v) is 40.3. The Hall–Kier alpha value is -2.82. The van der Waals surface area contributed by atoms with Crippen molar-refractivity contribution in [3.8, 4) is 0 Å². The molecule has 25 heteroatoms. The van der Waals surface area contributed by atoms with E-state index >= 15 is 0 Å². The molecule has 18 atom stereocenters. The van der Waals surface area contributed by atoms with Crippen LogP contribution < -0.4 is 0 Å². The zero-order chi connectivity index (χ0) is 73.2. The molecular weight excluding hydrogens is 1320 g/mol. The predicted octanol–water partition coefficient (Wildman–Crippen LogP) is 11.1. The number of ether oxygens (including phenoxy) is 7. The number of phosphoric ester groups is 1. The Morgan fingerprint density at radius 3 is 1.22 bits per heavy atom. The molecule has 3 rings (SSSR count). The van der Waals surface area contributed by atoms with Crippen molar-refractivity contribution in [3.05, 3.63) is 36.5 Å². The summed E-state index contributed by atoms with van der Waals surface area (Å²) in [5, 5.41) is 110. The van der Waals surface area contributed by atoms with Gasteiger partial charge in [0.05, 0.1) is 13.2 Å². The van der Waals surface area contributed by atoms with E-state index in [2.05, 4.69) is 32.9 Å². The van der Waals surface area contributed by atoms with Crippen LogP contribution >= 0.6 is 7.82 Å². The van der Waals surface area contributed by atoms with Crippen molar-refractivity contribution in [3.63, 3.8) is 0 Å². The lowest BCUT2D eigenvalue weighted by molar-refractivity contribution is -0.360. The van der Waals surface area contributed by atoms with Crippen LogP contribution in [0.1, 0.15) is 290 Å². The standard InChI is InChI=1S/C75H135O24P/c1-4-7-10-13-16-19-22-25-27-28-30-33-36-39-42-45-48-51-61(79)94-56(53-91-59(77)49-46-43-40-37-35-32-29-26-23-20-17-14-11-8-5-2)54-93-100(89,90)99-73-71(97-74-69(87)64(82)62(80)57(52-76)95-74)67(85)66(84)68(86)72(73)98-75-70(88)65(83)63(81)58(96-75)55-92-60(78)50-47-44-41-38-34-31-24-21-18-15-12-9-6-3/h31,34,40,43,46,49,56-58,62-76,80-88H,4-30,32-33,35-39,41-42,44-45,47-48,50-55H2,1-3H3,(H,89,90)/b34-31-,43-40+,49-46+. The number of carbonyl (C=O) groups excluding carboxylic acids is 3. The van der Waals surface area contributed by atoms with Gasteiger partial charge in [0.25, 0.3) is 0 Å². The maximum Gasteiger partial charge on any atom is 0.472 e. The summed E-state index contributed by atoms with van der Waals surface area (Å²) >= 11 is 0. The normalized spacial score (nSPS) is 27.5. The summed E-state index contributed by atoms with van der Waals surface area (Å²) in [5.74, 6) is -2.26. The van der Waals surface area contributed by atoms with Crippen LogP contribution in [0.25, 0.3) is 0 Å². The lowest BCUT2D eigenvalue weighted by atomic mass is 9.84. The van der Waals surface area contributed by atoms with Gasteiger partial charge in [0.1, 0.15) is 98.7 Å². The summed E-state index contributed by atoms with van der Waals surface area (Å²) in [4.78, 5) is 50.9. The molecule has 0 bridgehead atoms. The summed E-state index contributed by atoms with van der Waals surface area (Å²) in [6.07, 6.45) is 19.8. The number of aliphatic hydroxyl groups excluding tert-OH is 10. The van der Waals surface area contributed by atoms with Crippen LogP contribution in [-0.4, -0.2) is 204 Å². The van der Waals surface area contributed by atoms with Gasteiger partial charge in [-0.1, -0.05) is 257 Å². The molecule has 24 nitrogen and oxygen atoms in total. The molecule has 1 saturated carbocycles. The van der Waals surface area contributed by atoms with Gasteiger partial charge in [-0.05, 0) is 51.4 Å². The third kappa shape index (κ3) is 39.0. The Morgan fingerprint density at radius 2 is 0.780 bits per heavy atom. The molecule has 100 heavy (non-hydrogen) atoms. The molecule has 0 aromatic rings. The van der Waals surface area contributed by atoms with Crippen LogP contribution in [0.3, 0.4) is 0 Å². The second-order valence-electron chi connectivity index (χ2n) is 27.8. The van der Waals surface area contributed by atoms with Crippen LogP contribution in [0.5, 0.6) is 0 Å². The first-order chi connectivity index (χ1) is 48.3. The molecule has 3 aliphatic rings. The maximum absolute atomic E-state index is 14.3. The quantitative estimate of drug-likeness (QED) is 0.00512. The largest absolute Gasteiger partial charge is 0.472 e. The van der Waals surface area contributed by atoms with Crippen molar-refractivity contribution >= 4 is 25.7 Å². The Labute approximate surface area is 597 Å². The molecule has 0 radical (unpaired) electrons. The number of hydrogen-bond donors (Lipinski definition) is 11. The lowest BCUT2D eigenvalue weighted by Crippen LogP contribution is -2.69. The van der Waals surface area contributed by atoms with E-state index in [0.29, 0.717) is 12.8 Å². The first-order valence-electron chi connectivity index (χ1n) is 38.8. The van der Waals surface area contributed by atoms with E-state index in [-0.39, 0.29) is 12.8 Å². The molecule has 2 aliphatic heterocycles. The van der Waals surface area contributed by atoms with Gasteiger partial charge in [0.2, 0.25) is 0 Å². The second kappa shape index (κ2) is 56.5. The van der Waals surface area contributed by atoms with E-state index in [0.717, 1.165) is 96.0 Å². The minimum absolute atomic E-state index is 0.00467. The minimum Gasteiger partial charge on any atom is -0.463 e. The van der Waals surface area contributed by atoms with Crippen molar-refractivity contribution < 1.29 is 117 Å². The fraction of sp³-hybridized carbons (Fsp3) is 0.880. The Morgan fingerprint density at radius 1 is 0.410 bits per heavy atom. The summed E-state index contributed by atoms with van der Waals surface area (Å²) < 4.78 is 64.8. The van der Waals surface area contributed by atoms with Gasteiger partial charge in [-0.3, -0.25) is 18.6 Å². The summed E-state index contributed by atoms with van der Waals surface area (Å²) in [7, 11) is -5.72. The SMILES string of the molecule is CCCCCCCC/C=C\CCCCCC(=O)OCC1OC(OC2C(O)C(O)C(O)C(OC3OC(CO)C(O)C(O)C3O)C2OP(=O)(O)OCC(COC(=O)/C=C/C=C/CCCCCCCCCCCCC)OC(=O)CCCCCCCCCCCCCCCCCCC)C(O)C(O)C1O. The molecule has 0 amide bonds. The third-order valence-corrected chi connectivity index (χ3v) is 20.0. The van der Waals surface area contributed by atoms with Crippen LogP contribution in [0.4, 0.5) is 0 Å². The topological polar surface area (TPSA) is 374 Å². The Balaban J connectivity index is 1.74. The number of rotatable bonds is 60. The highest BCUT2D eigenvalue weighted by Gasteiger charge is 2.58. The molecule has 11 N–H and O–H groups in total. The maximum atomic E-state index is 14.3. The smallest absolute Gasteiger partial charge is 0.463 e. The van der Waals surface area contributed by atoms with Crippen molar-refractivity contribution in [1.82, 2.24) is 0 Å². The van der Waals surface area contributed by atoms with Gasteiger partial charge in [0, 0.05) is 18.9 Å². The zero-order valence-corrected chi connectivity index (χ0v) is 61.9. The highest BCUT2D eigenvalue weighted by atomic mass is 31.2. The van der Waals surface area contributed by atoms with Crippen molar-refractivity contribution in [2.45, 2.75) is 395 Å². The summed E-state index contributed by atoms with van der Waals surface area (Å²) in [6, 6.07) is 0. The number of unbranched alkanes of at least 4 members (excludes halogenated alkanes) is 36. The molecule has 18 unspecified atom stereocenters. The Bertz CT molecular complexity index is 2210. The highest BCUT2D eigenvalue weighted by molar-refractivity contribution is 7.47. The van der Waals surface area contributed by atoms with Gasteiger partial charge < -0.3 is 89.1 Å². The van der Waals surface area contributed by atoms with Gasteiger partial charge in [-0.25, -0.2) is 9.36 Å².